The Morgan fingerprint density at radius 3 is 2.30 bits per heavy atom. The highest BCUT2D eigenvalue weighted by molar-refractivity contribution is 6.09. The van der Waals surface area contributed by atoms with Gasteiger partial charge in [-0.15, -0.1) is 0 Å². The molecule has 0 bridgehead atoms. The monoisotopic (exact) mass is 578 g/mol. The van der Waals surface area contributed by atoms with Crippen LogP contribution < -0.4 is 14.5 Å². The van der Waals surface area contributed by atoms with Gasteiger partial charge in [0.25, 0.3) is 0 Å². The van der Waals surface area contributed by atoms with E-state index >= 15 is 0 Å². The average molecular weight is 579 g/mol. The lowest BCUT2D eigenvalue weighted by molar-refractivity contribution is 0.483. The molecule has 6 aromatic rings. The molecule has 0 saturated carbocycles. The van der Waals surface area contributed by atoms with Crippen LogP contribution in [-0.4, -0.2) is 16.2 Å². The highest BCUT2D eigenvalue weighted by Gasteiger charge is 2.20. The van der Waals surface area contributed by atoms with Crippen molar-refractivity contribution in [2.24, 2.45) is 0 Å². The number of aryl methyl sites for hydroxylation is 1. The third-order valence-corrected chi connectivity index (χ3v) is 8.94. The first kappa shape index (κ1) is 27.8. The van der Waals surface area contributed by atoms with Gasteiger partial charge in [0.05, 0.1) is 17.7 Å². The van der Waals surface area contributed by atoms with Crippen LogP contribution in [0.1, 0.15) is 43.0 Å². The zero-order valence-electron chi connectivity index (χ0n) is 26.3. The van der Waals surface area contributed by atoms with Gasteiger partial charge in [-0.1, -0.05) is 51.1 Å². The molecule has 0 amide bonds. The first-order valence-electron chi connectivity index (χ1n) is 15.2. The van der Waals surface area contributed by atoms with Crippen molar-refractivity contribution >= 4 is 33.2 Å². The fourth-order valence-electron chi connectivity index (χ4n) is 6.13. The predicted molar refractivity (Wildman–Crippen MR) is 183 cm³/mol. The van der Waals surface area contributed by atoms with E-state index in [1.165, 1.54) is 38.7 Å². The number of nitrogens with zero attached hydrogens (tertiary/aromatic N) is 4. The van der Waals surface area contributed by atoms with Crippen LogP contribution in [0.5, 0.6) is 11.5 Å². The molecule has 2 aromatic heterocycles. The molecule has 0 saturated heterocycles. The Balaban J connectivity index is 1.20. The van der Waals surface area contributed by atoms with Crippen LogP contribution in [0.2, 0.25) is 0 Å². The molecule has 4 aromatic carbocycles. The number of fused-ring (bicyclic) bond motifs is 3. The molecule has 0 aliphatic carbocycles. The summed E-state index contributed by atoms with van der Waals surface area (Å²) >= 11 is 0. The van der Waals surface area contributed by atoms with Crippen molar-refractivity contribution in [2.45, 2.75) is 47.0 Å². The second-order valence-electron chi connectivity index (χ2n) is 12.8. The first-order valence-corrected chi connectivity index (χ1v) is 15.2. The zero-order chi connectivity index (χ0) is 30.6. The standard InChI is InChI=1S/C39H38N4O/c1-26-14-17-35(28(3)27(26)2)42-21-20-41(25-42)30-10-9-11-31(23-30)44-32-15-16-34-33-12-7-8-13-36(33)43(37(34)24-32)38-22-29(18-19-40-38)39(4,5)6/h7-24H,25H2,1-6H3. The van der Waals surface area contributed by atoms with Crippen LogP contribution in [0.25, 0.3) is 27.6 Å². The minimum Gasteiger partial charge on any atom is -0.457 e. The lowest BCUT2D eigenvalue weighted by Crippen LogP contribution is -2.25. The molecule has 3 heterocycles. The van der Waals surface area contributed by atoms with Gasteiger partial charge in [-0.2, -0.15) is 0 Å². The van der Waals surface area contributed by atoms with Gasteiger partial charge < -0.3 is 14.5 Å². The second-order valence-corrected chi connectivity index (χ2v) is 12.8. The van der Waals surface area contributed by atoms with Crippen molar-refractivity contribution in [1.82, 2.24) is 9.55 Å². The summed E-state index contributed by atoms with van der Waals surface area (Å²) in [5, 5.41) is 2.37. The Hall–Kier alpha value is -5.03. The summed E-state index contributed by atoms with van der Waals surface area (Å²) in [4.78, 5) is 9.36. The number of pyridine rings is 1. The van der Waals surface area contributed by atoms with Crippen LogP contribution >= 0.6 is 0 Å². The minimum absolute atomic E-state index is 0.0230. The lowest BCUT2D eigenvalue weighted by Gasteiger charge is -2.24. The molecular weight excluding hydrogens is 540 g/mol. The van der Waals surface area contributed by atoms with E-state index in [1.54, 1.807) is 0 Å². The van der Waals surface area contributed by atoms with Crippen molar-refractivity contribution in [1.29, 1.82) is 0 Å². The van der Waals surface area contributed by atoms with E-state index in [4.69, 9.17) is 9.72 Å². The zero-order valence-corrected chi connectivity index (χ0v) is 26.3. The highest BCUT2D eigenvalue weighted by atomic mass is 16.5. The molecule has 1 aliphatic rings. The van der Waals surface area contributed by atoms with Gasteiger partial charge in [0.2, 0.25) is 0 Å². The number of benzene rings is 4. The molecule has 44 heavy (non-hydrogen) atoms. The number of aromatic nitrogens is 2. The van der Waals surface area contributed by atoms with E-state index < -0.39 is 0 Å². The van der Waals surface area contributed by atoms with E-state index in [2.05, 4.69) is 153 Å². The largest absolute Gasteiger partial charge is 0.457 e. The van der Waals surface area contributed by atoms with Gasteiger partial charge in [0, 0.05) is 52.9 Å². The van der Waals surface area contributed by atoms with Crippen molar-refractivity contribution < 1.29 is 4.74 Å². The molecule has 0 spiro atoms. The summed E-state index contributed by atoms with van der Waals surface area (Å²) in [7, 11) is 0. The number of anilines is 2. The molecule has 220 valence electrons. The molecule has 7 rings (SSSR count). The SMILES string of the molecule is Cc1ccc(N2C=CN(c3cccc(Oc4ccc5c6ccccc6n(-c6cc(C(C)(C)C)ccn6)c5c4)c3)C2)c(C)c1C. The quantitative estimate of drug-likeness (QED) is 0.204. The first-order chi connectivity index (χ1) is 21.2. The van der Waals surface area contributed by atoms with Crippen molar-refractivity contribution in [2.75, 3.05) is 16.5 Å². The maximum Gasteiger partial charge on any atom is 0.137 e. The number of para-hydroxylation sites is 1. The molecule has 0 atom stereocenters. The molecule has 5 nitrogen and oxygen atoms in total. The number of hydrogen-bond acceptors (Lipinski definition) is 4. The van der Waals surface area contributed by atoms with E-state index in [9.17, 15) is 0 Å². The third kappa shape index (κ3) is 4.88. The van der Waals surface area contributed by atoms with Gasteiger partial charge in [-0.05, 0) is 97.0 Å². The Morgan fingerprint density at radius 1 is 0.682 bits per heavy atom. The fraction of sp³-hybridized carbons (Fsp3) is 0.205. The van der Waals surface area contributed by atoms with E-state index in [-0.39, 0.29) is 5.41 Å². The van der Waals surface area contributed by atoms with Crippen molar-refractivity contribution in [3.63, 3.8) is 0 Å². The van der Waals surface area contributed by atoms with Gasteiger partial charge in [-0.3, -0.25) is 4.57 Å². The van der Waals surface area contributed by atoms with Crippen LogP contribution in [0.3, 0.4) is 0 Å². The van der Waals surface area contributed by atoms with Crippen molar-refractivity contribution in [3.8, 4) is 17.3 Å². The summed E-state index contributed by atoms with van der Waals surface area (Å²) < 4.78 is 8.76. The smallest absolute Gasteiger partial charge is 0.137 e. The Bertz CT molecular complexity index is 2060. The fourth-order valence-corrected chi connectivity index (χ4v) is 6.13. The summed E-state index contributed by atoms with van der Waals surface area (Å²) in [6.07, 6.45) is 6.20. The van der Waals surface area contributed by atoms with Crippen LogP contribution in [-0.2, 0) is 5.41 Å². The van der Waals surface area contributed by atoms with Gasteiger partial charge in [0.1, 0.15) is 17.3 Å². The highest BCUT2D eigenvalue weighted by Crippen LogP contribution is 2.37. The summed E-state index contributed by atoms with van der Waals surface area (Å²) in [6.45, 7) is 14.0. The molecular formula is C39H38N4O. The predicted octanol–water partition coefficient (Wildman–Crippen LogP) is 9.95. The van der Waals surface area contributed by atoms with Crippen molar-refractivity contribution in [3.05, 3.63) is 132 Å². The second kappa shape index (κ2) is 10.6. The van der Waals surface area contributed by atoms with E-state index in [1.807, 2.05) is 12.3 Å². The molecule has 5 heteroatoms. The Kier molecular flexibility index (Phi) is 6.69. The number of rotatable bonds is 5. The summed E-state index contributed by atoms with van der Waals surface area (Å²) in [6, 6.07) is 31.9. The Morgan fingerprint density at radius 2 is 1.45 bits per heavy atom. The van der Waals surface area contributed by atoms with Crippen LogP contribution in [0.4, 0.5) is 11.4 Å². The molecule has 0 fully saturated rings. The third-order valence-electron chi connectivity index (χ3n) is 8.94. The number of hydrogen-bond donors (Lipinski definition) is 0. The normalized spacial score (nSPS) is 13.4. The average Bonchev–Trinajstić information content (AvgIpc) is 3.63. The van der Waals surface area contributed by atoms with Crippen LogP contribution in [0, 0.1) is 20.8 Å². The van der Waals surface area contributed by atoms with E-state index in [0.717, 1.165) is 40.7 Å². The topological polar surface area (TPSA) is 33.5 Å². The molecule has 0 radical (unpaired) electrons. The minimum atomic E-state index is 0.0230. The maximum absolute atomic E-state index is 6.51. The van der Waals surface area contributed by atoms with Gasteiger partial charge in [0.15, 0.2) is 0 Å². The van der Waals surface area contributed by atoms with Gasteiger partial charge in [-0.25, -0.2) is 4.98 Å². The molecule has 1 aliphatic heterocycles. The summed E-state index contributed by atoms with van der Waals surface area (Å²) in [5.41, 5.74) is 9.79. The Labute approximate surface area is 259 Å². The number of ether oxygens (including phenoxy) is 1. The lowest BCUT2D eigenvalue weighted by atomic mass is 9.88. The molecule has 0 unspecified atom stereocenters. The van der Waals surface area contributed by atoms with E-state index in [0.29, 0.717) is 0 Å². The maximum atomic E-state index is 6.51. The summed E-state index contributed by atoms with van der Waals surface area (Å²) in [5.74, 6) is 2.49. The van der Waals surface area contributed by atoms with Gasteiger partial charge >= 0.3 is 0 Å². The molecule has 0 N–H and O–H groups in total. The van der Waals surface area contributed by atoms with Crippen LogP contribution in [0.15, 0.2) is 110 Å².